The van der Waals surface area contributed by atoms with E-state index in [2.05, 4.69) is 16.3 Å². The van der Waals surface area contributed by atoms with Gasteiger partial charge in [0.05, 0.1) is 23.1 Å². The number of sulfonamides is 1. The van der Waals surface area contributed by atoms with Gasteiger partial charge in [0.25, 0.3) is 0 Å². The summed E-state index contributed by atoms with van der Waals surface area (Å²) >= 11 is 0. The van der Waals surface area contributed by atoms with Gasteiger partial charge in [0.15, 0.2) is 0 Å². The summed E-state index contributed by atoms with van der Waals surface area (Å²) in [5, 5.41) is 12.2. The molecule has 9 nitrogen and oxygen atoms in total. The second-order valence-corrected chi connectivity index (χ2v) is 12.5. The smallest absolute Gasteiger partial charge is 0.243 e. The number of carbonyl (C=O) groups is 1. The zero-order chi connectivity index (χ0) is 27.4. The molecule has 10 heteroatoms. The number of rotatable bonds is 7. The molecular formula is C28H38N6O3S. The van der Waals surface area contributed by atoms with Crippen LogP contribution < -0.4 is 11.1 Å². The highest BCUT2D eigenvalue weighted by Gasteiger charge is 2.39. The molecule has 0 spiro atoms. The predicted molar refractivity (Wildman–Crippen MR) is 148 cm³/mol. The summed E-state index contributed by atoms with van der Waals surface area (Å²) in [6.07, 6.45) is 2.01. The fourth-order valence-electron chi connectivity index (χ4n) is 5.53. The first kappa shape index (κ1) is 28.2. The van der Waals surface area contributed by atoms with Crippen molar-refractivity contribution in [2.75, 3.05) is 38.0 Å². The number of nitrogens with two attached hydrogens (primary N) is 1. The van der Waals surface area contributed by atoms with E-state index in [9.17, 15) is 18.5 Å². The van der Waals surface area contributed by atoms with E-state index in [-0.39, 0.29) is 29.4 Å². The van der Waals surface area contributed by atoms with Crippen molar-refractivity contribution < 1.29 is 13.2 Å². The molecule has 2 aliphatic heterocycles. The molecule has 204 valence electrons. The van der Waals surface area contributed by atoms with Gasteiger partial charge in [-0.3, -0.25) is 14.6 Å². The van der Waals surface area contributed by atoms with Crippen molar-refractivity contribution in [3.8, 4) is 6.07 Å². The summed E-state index contributed by atoms with van der Waals surface area (Å²) in [6, 6.07) is 13.9. The maximum absolute atomic E-state index is 13.4. The quantitative estimate of drug-likeness (QED) is 0.555. The number of amides is 1. The van der Waals surface area contributed by atoms with E-state index in [1.54, 1.807) is 12.1 Å². The molecule has 2 aliphatic rings. The van der Waals surface area contributed by atoms with Crippen LogP contribution in [-0.4, -0.2) is 79.3 Å². The summed E-state index contributed by atoms with van der Waals surface area (Å²) in [5.74, 6) is -0.119. The number of benzene rings is 2. The number of hydrogen-bond acceptors (Lipinski definition) is 7. The van der Waals surface area contributed by atoms with Crippen LogP contribution in [0.2, 0.25) is 0 Å². The molecule has 1 amide bonds. The third-order valence-electron chi connectivity index (χ3n) is 7.43. The van der Waals surface area contributed by atoms with E-state index in [0.717, 1.165) is 49.3 Å². The number of aryl methyl sites for hydroxylation is 1. The van der Waals surface area contributed by atoms with Crippen LogP contribution in [0.15, 0.2) is 47.4 Å². The molecule has 0 aromatic heterocycles. The van der Waals surface area contributed by atoms with Gasteiger partial charge in [-0.25, -0.2) is 8.42 Å². The average molecular weight is 539 g/mol. The van der Waals surface area contributed by atoms with Gasteiger partial charge < -0.3 is 11.1 Å². The maximum Gasteiger partial charge on any atom is 0.243 e. The standard InChI is InChI=1S/C28H38N6O3S/c1-20-7-8-24(18-32-11-9-25(30)10-12-32)14-27(20)31-28(35)19-33-16-21(2)34(22(3)17-33)38(36,37)26-6-4-5-23(13-26)15-29/h4-8,13-14,21-22,25H,9-12,16-19,30H2,1-3H3,(H,31,35)/t21-,22+. The van der Waals surface area contributed by atoms with Crippen molar-refractivity contribution in [3.05, 3.63) is 59.2 Å². The van der Waals surface area contributed by atoms with Crippen LogP contribution in [0, 0.1) is 18.3 Å². The molecule has 0 bridgehead atoms. The molecule has 2 fully saturated rings. The predicted octanol–water partition coefficient (Wildman–Crippen LogP) is 2.51. The normalized spacial score (nSPS) is 22.2. The molecular weight excluding hydrogens is 500 g/mol. The highest BCUT2D eigenvalue weighted by molar-refractivity contribution is 7.89. The van der Waals surface area contributed by atoms with E-state index in [0.29, 0.717) is 24.7 Å². The Morgan fingerprint density at radius 3 is 2.42 bits per heavy atom. The Morgan fingerprint density at radius 2 is 1.76 bits per heavy atom. The summed E-state index contributed by atoms with van der Waals surface area (Å²) in [6.45, 7) is 9.54. The van der Waals surface area contributed by atoms with Crippen molar-refractivity contribution in [2.24, 2.45) is 5.73 Å². The summed E-state index contributed by atoms with van der Waals surface area (Å²) in [4.78, 5) is 17.5. The van der Waals surface area contributed by atoms with Crippen LogP contribution in [0.25, 0.3) is 0 Å². The molecule has 2 heterocycles. The number of nitriles is 1. The average Bonchev–Trinajstić information content (AvgIpc) is 2.87. The van der Waals surface area contributed by atoms with Gasteiger partial charge in [0.2, 0.25) is 15.9 Å². The van der Waals surface area contributed by atoms with Gasteiger partial charge in [-0.2, -0.15) is 9.57 Å². The molecule has 0 saturated carbocycles. The zero-order valence-corrected chi connectivity index (χ0v) is 23.2. The Kier molecular flexibility index (Phi) is 8.85. The number of carbonyl (C=O) groups excluding carboxylic acids is 1. The first-order valence-electron chi connectivity index (χ1n) is 13.2. The lowest BCUT2D eigenvalue weighted by molar-refractivity contribution is -0.118. The SMILES string of the molecule is Cc1ccc(CN2CCC(N)CC2)cc1NC(=O)CN1C[C@@H](C)N(S(=O)(=O)c2cccc(C#N)c2)[C@@H](C)C1. The first-order valence-corrected chi connectivity index (χ1v) is 14.6. The Labute approximate surface area is 226 Å². The third kappa shape index (κ3) is 6.60. The second-order valence-electron chi connectivity index (χ2n) is 10.7. The molecule has 2 aromatic carbocycles. The fourth-order valence-corrected chi connectivity index (χ4v) is 7.38. The van der Waals surface area contributed by atoms with Crippen molar-refractivity contribution in [3.63, 3.8) is 0 Å². The minimum atomic E-state index is -3.78. The van der Waals surface area contributed by atoms with Gasteiger partial charge >= 0.3 is 0 Å². The number of likely N-dealkylation sites (tertiary alicyclic amines) is 1. The Balaban J connectivity index is 1.37. The largest absolute Gasteiger partial charge is 0.328 e. The minimum Gasteiger partial charge on any atom is -0.328 e. The number of nitrogens with zero attached hydrogens (tertiary/aromatic N) is 4. The van der Waals surface area contributed by atoms with Crippen LogP contribution in [0.4, 0.5) is 5.69 Å². The van der Waals surface area contributed by atoms with Crippen molar-refractivity contribution in [1.82, 2.24) is 14.1 Å². The monoisotopic (exact) mass is 538 g/mol. The number of nitrogens with one attached hydrogen (secondary N) is 1. The molecule has 0 unspecified atom stereocenters. The summed E-state index contributed by atoms with van der Waals surface area (Å²) in [5.41, 5.74) is 9.30. The van der Waals surface area contributed by atoms with E-state index >= 15 is 0 Å². The Bertz CT molecular complexity index is 1290. The lowest BCUT2D eigenvalue weighted by Crippen LogP contribution is -2.59. The van der Waals surface area contributed by atoms with Gasteiger partial charge in [-0.05, 0) is 82.1 Å². The summed E-state index contributed by atoms with van der Waals surface area (Å²) < 4.78 is 28.3. The van der Waals surface area contributed by atoms with Gasteiger partial charge in [0, 0.05) is 43.4 Å². The Morgan fingerprint density at radius 1 is 1.08 bits per heavy atom. The third-order valence-corrected chi connectivity index (χ3v) is 9.56. The van der Waals surface area contributed by atoms with E-state index < -0.39 is 10.0 Å². The van der Waals surface area contributed by atoms with Crippen LogP contribution >= 0.6 is 0 Å². The van der Waals surface area contributed by atoms with Crippen LogP contribution in [0.3, 0.4) is 0 Å². The number of piperidine rings is 1. The van der Waals surface area contributed by atoms with Crippen LogP contribution in [0.5, 0.6) is 0 Å². The van der Waals surface area contributed by atoms with Crippen molar-refractivity contribution >= 4 is 21.6 Å². The molecule has 0 radical (unpaired) electrons. The minimum absolute atomic E-state index is 0.115. The molecule has 4 rings (SSSR count). The highest BCUT2D eigenvalue weighted by atomic mass is 32.2. The topological polar surface area (TPSA) is 123 Å². The number of hydrogen-bond donors (Lipinski definition) is 2. The van der Waals surface area contributed by atoms with E-state index in [1.807, 2.05) is 43.9 Å². The van der Waals surface area contributed by atoms with E-state index in [1.165, 1.54) is 16.4 Å². The second kappa shape index (κ2) is 11.9. The van der Waals surface area contributed by atoms with Crippen LogP contribution in [0.1, 0.15) is 43.4 Å². The fraction of sp³-hybridized carbons (Fsp3) is 0.500. The molecule has 0 aliphatic carbocycles. The summed E-state index contributed by atoms with van der Waals surface area (Å²) in [7, 11) is -3.78. The molecule has 38 heavy (non-hydrogen) atoms. The van der Waals surface area contributed by atoms with Crippen molar-refractivity contribution in [2.45, 2.75) is 63.2 Å². The molecule has 3 N–H and O–H groups in total. The van der Waals surface area contributed by atoms with Gasteiger partial charge in [-0.15, -0.1) is 0 Å². The Hall–Kier alpha value is -2.81. The number of anilines is 1. The highest BCUT2D eigenvalue weighted by Crippen LogP contribution is 2.26. The first-order chi connectivity index (χ1) is 18.1. The zero-order valence-electron chi connectivity index (χ0n) is 22.4. The maximum atomic E-state index is 13.4. The number of piperazine rings is 1. The molecule has 2 atom stereocenters. The molecule has 2 saturated heterocycles. The van der Waals surface area contributed by atoms with Gasteiger partial charge in [-0.1, -0.05) is 18.2 Å². The van der Waals surface area contributed by atoms with Crippen molar-refractivity contribution in [1.29, 1.82) is 5.26 Å². The lowest BCUT2D eigenvalue weighted by atomic mass is 10.0. The lowest BCUT2D eigenvalue weighted by Gasteiger charge is -2.43. The van der Waals surface area contributed by atoms with E-state index in [4.69, 9.17) is 5.73 Å². The van der Waals surface area contributed by atoms with Gasteiger partial charge in [0.1, 0.15) is 0 Å². The molecule has 2 aromatic rings. The van der Waals surface area contributed by atoms with Crippen LogP contribution in [-0.2, 0) is 21.4 Å².